The molecule has 0 bridgehead atoms. The number of benzene rings is 2. The summed E-state index contributed by atoms with van der Waals surface area (Å²) in [5.74, 6) is 0.948. The highest BCUT2D eigenvalue weighted by molar-refractivity contribution is 6.35. The number of allylic oxidation sites excluding steroid dienone is 3. The van der Waals surface area contributed by atoms with Crippen molar-refractivity contribution in [1.82, 2.24) is 0 Å². The smallest absolute Gasteiger partial charge is 0.205 e. The van der Waals surface area contributed by atoms with Gasteiger partial charge < -0.3 is 19.9 Å². The Hall–Kier alpha value is -3.14. The number of ether oxygens (including phenoxy) is 3. The lowest BCUT2D eigenvalue weighted by molar-refractivity contribution is -0.116. The molecule has 0 spiro atoms. The highest BCUT2D eigenvalue weighted by Crippen LogP contribution is 2.45. The molecule has 0 radical (unpaired) electrons. The number of carbonyl (C=O) groups is 1. The molecule has 6 nitrogen and oxygen atoms in total. The number of nitriles is 1. The first-order chi connectivity index (χ1) is 15.9. The van der Waals surface area contributed by atoms with E-state index in [0.717, 1.165) is 5.56 Å². The lowest BCUT2D eigenvalue weighted by Gasteiger charge is -2.31. The molecule has 1 aliphatic carbocycles. The van der Waals surface area contributed by atoms with E-state index in [1.807, 2.05) is 13.0 Å². The van der Waals surface area contributed by atoms with Gasteiger partial charge in [-0.05, 0) is 43.2 Å². The van der Waals surface area contributed by atoms with Crippen molar-refractivity contribution in [2.45, 2.75) is 38.7 Å². The third kappa shape index (κ3) is 4.66. The summed E-state index contributed by atoms with van der Waals surface area (Å²) in [6.45, 7) is 2.49. The van der Waals surface area contributed by atoms with Gasteiger partial charge in [-0.1, -0.05) is 35.3 Å². The van der Waals surface area contributed by atoms with Crippen molar-refractivity contribution in [2.75, 3.05) is 6.61 Å². The highest BCUT2D eigenvalue weighted by atomic mass is 35.5. The predicted molar refractivity (Wildman–Crippen MR) is 125 cm³/mol. The van der Waals surface area contributed by atoms with Crippen LogP contribution in [-0.4, -0.2) is 12.4 Å². The topological polar surface area (TPSA) is 94.6 Å². The summed E-state index contributed by atoms with van der Waals surface area (Å²) in [7, 11) is 0. The van der Waals surface area contributed by atoms with Crippen LogP contribution in [0, 0.1) is 11.3 Å². The van der Waals surface area contributed by atoms with Gasteiger partial charge in [0, 0.05) is 34.0 Å². The Morgan fingerprint density at radius 2 is 1.97 bits per heavy atom. The van der Waals surface area contributed by atoms with Crippen LogP contribution in [0.15, 0.2) is 59.2 Å². The van der Waals surface area contributed by atoms with E-state index < -0.39 is 5.92 Å². The number of ketones is 1. The van der Waals surface area contributed by atoms with E-state index in [1.165, 1.54) is 0 Å². The number of halogens is 2. The molecule has 0 amide bonds. The van der Waals surface area contributed by atoms with Gasteiger partial charge in [-0.25, -0.2) is 0 Å². The Morgan fingerprint density at radius 1 is 1.15 bits per heavy atom. The van der Waals surface area contributed by atoms with E-state index >= 15 is 0 Å². The molecule has 2 aromatic carbocycles. The molecule has 0 aromatic heterocycles. The fraction of sp³-hybridized carbons (Fsp3) is 0.280. The monoisotopic (exact) mass is 484 g/mol. The SMILES string of the molecule is CCOc1cc([C@@H]2C(C#N)=C(N)OC3=C2C(=O)CCC3)ccc1OCc1ccc(Cl)cc1Cl. The number of hydrogen-bond donors (Lipinski definition) is 1. The minimum Gasteiger partial charge on any atom is -0.490 e. The Balaban J connectivity index is 1.70. The molecule has 170 valence electrons. The Bertz CT molecular complexity index is 1210. The zero-order chi connectivity index (χ0) is 23.5. The molecule has 33 heavy (non-hydrogen) atoms. The summed E-state index contributed by atoms with van der Waals surface area (Å²) in [6.07, 6.45) is 1.72. The fourth-order valence-corrected chi connectivity index (χ4v) is 4.54. The van der Waals surface area contributed by atoms with Crippen molar-refractivity contribution < 1.29 is 19.0 Å². The second-order valence-corrected chi connectivity index (χ2v) is 8.55. The number of carbonyl (C=O) groups excluding carboxylic acids is 1. The molecule has 0 unspecified atom stereocenters. The predicted octanol–water partition coefficient (Wildman–Crippen LogP) is 5.79. The molecule has 1 atom stereocenters. The van der Waals surface area contributed by atoms with Crippen LogP contribution in [0.2, 0.25) is 10.0 Å². The Morgan fingerprint density at radius 3 is 2.70 bits per heavy atom. The van der Waals surface area contributed by atoms with E-state index in [2.05, 4.69) is 6.07 Å². The molecule has 0 saturated carbocycles. The molecule has 2 aliphatic rings. The van der Waals surface area contributed by atoms with Gasteiger partial charge in [0.15, 0.2) is 17.3 Å². The lowest BCUT2D eigenvalue weighted by Crippen LogP contribution is -2.27. The van der Waals surface area contributed by atoms with Gasteiger partial charge in [0.25, 0.3) is 0 Å². The van der Waals surface area contributed by atoms with Crippen LogP contribution in [0.25, 0.3) is 0 Å². The third-order valence-electron chi connectivity index (χ3n) is 5.60. The first kappa shape index (κ1) is 23.0. The van der Waals surface area contributed by atoms with E-state index in [9.17, 15) is 10.1 Å². The summed E-state index contributed by atoms with van der Waals surface area (Å²) in [5.41, 5.74) is 8.25. The van der Waals surface area contributed by atoms with Crippen molar-refractivity contribution in [2.24, 2.45) is 5.73 Å². The largest absolute Gasteiger partial charge is 0.490 e. The molecule has 1 heterocycles. The molecule has 2 N–H and O–H groups in total. The van der Waals surface area contributed by atoms with Crippen molar-refractivity contribution in [3.63, 3.8) is 0 Å². The Kier molecular flexibility index (Phi) is 6.83. The van der Waals surface area contributed by atoms with E-state index in [-0.39, 0.29) is 23.8 Å². The van der Waals surface area contributed by atoms with Crippen LogP contribution in [0.4, 0.5) is 0 Å². The molecular formula is C25H22Cl2N2O4. The summed E-state index contributed by atoms with van der Waals surface area (Å²) in [5, 5.41) is 10.8. The molecule has 4 rings (SSSR count). The van der Waals surface area contributed by atoms with Crippen molar-refractivity contribution in [3.05, 3.63) is 80.4 Å². The molecule has 2 aromatic rings. The van der Waals surface area contributed by atoms with Crippen LogP contribution < -0.4 is 15.2 Å². The molecule has 0 fully saturated rings. The average molecular weight is 485 g/mol. The first-order valence-electron chi connectivity index (χ1n) is 10.6. The number of Topliss-reactive ketones (excluding diaryl/α,β-unsaturated/α-hetero) is 1. The molecule has 8 heteroatoms. The highest BCUT2D eigenvalue weighted by Gasteiger charge is 2.38. The van der Waals surface area contributed by atoms with Gasteiger partial charge in [-0.2, -0.15) is 5.26 Å². The van der Waals surface area contributed by atoms with Gasteiger partial charge >= 0.3 is 0 Å². The van der Waals surface area contributed by atoms with Crippen molar-refractivity contribution >= 4 is 29.0 Å². The summed E-state index contributed by atoms with van der Waals surface area (Å²) in [4.78, 5) is 12.8. The minimum atomic E-state index is -0.606. The van der Waals surface area contributed by atoms with Crippen LogP contribution in [0.3, 0.4) is 0 Å². The van der Waals surface area contributed by atoms with E-state index in [4.69, 9.17) is 43.1 Å². The lowest BCUT2D eigenvalue weighted by atomic mass is 9.77. The standard InChI is InChI=1S/C25H22Cl2N2O4/c1-2-31-22-10-14(7-9-20(22)32-13-15-6-8-16(26)11-18(15)27)23-17(12-28)25(29)33-21-5-3-4-19(30)24(21)23/h6-11,23H,2-5,13,29H2,1H3/t23-/m1/s1. The quantitative estimate of drug-likeness (QED) is 0.557. The molecule has 1 aliphatic heterocycles. The van der Waals surface area contributed by atoms with Crippen LogP contribution >= 0.6 is 23.2 Å². The van der Waals surface area contributed by atoms with Gasteiger partial charge in [-0.3, -0.25) is 4.79 Å². The third-order valence-corrected chi connectivity index (χ3v) is 6.19. The molecule has 0 saturated heterocycles. The number of rotatable bonds is 6. The summed E-state index contributed by atoms with van der Waals surface area (Å²) >= 11 is 12.2. The van der Waals surface area contributed by atoms with Crippen LogP contribution in [0.1, 0.15) is 43.2 Å². The maximum absolute atomic E-state index is 12.8. The normalized spacial score (nSPS) is 17.9. The van der Waals surface area contributed by atoms with Gasteiger partial charge in [0.1, 0.15) is 24.0 Å². The van der Waals surface area contributed by atoms with Crippen molar-refractivity contribution in [3.8, 4) is 17.6 Å². The number of hydrogen-bond acceptors (Lipinski definition) is 6. The summed E-state index contributed by atoms with van der Waals surface area (Å²) < 4.78 is 17.4. The zero-order valence-electron chi connectivity index (χ0n) is 18.0. The maximum atomic E-state index is 12.8. The number of nitrogens with zero attached hydrogens (tertiary/aromatic N) is 1. The minimum absolute atomic E-state index is 0.0304. The maximum Gasteiger partial charge on any atom is 0.205 e. The second kappa shape index (κ2) is 9.78. The van der Waals surface area contributed by atoms with E-state index in [0.29, 0.717) is 64.3 Å². The average Bonchev–Trinajstić information content (AvgIpc) is 2.78. The zero-order valence-corrected chi connectivity index (χ0v) is 19.5. The number of nitrogens with two attached hydrogens (primary N) is 1. The fourth-order valence-electron chi connectivity index (χ4n) is 4.08. The van der Waals surface area contributed by atoms with Crippen molar-refractivity contribution in [1.29, 1.82) is 5.26 Å². The van der Waals surface area contributed by atoms with Crippen LogP contribution in [-0.2, 0) is 16.1 Å². The first-order valence-corrected chi connectivity index (χ1v) is 11.4. The molecular weight excluding hydrogens is 463 g/mol. The van der Waals surface area contributed by atoms with Gasteiger partial charge in [-0.15, -0.1) is 0 Å². The second-order valence-electron chi connectivity index (χ2n) is 7.70. The van der Waals surface area contributed by atoms with Gasteiger partial charge in [0.05, 0.1) is 12.5 Å². The Labute approximate surface area is 202 Å². The van der Waals surface area contributed by atoms with Gasteiger partial charge in [0.2, 0.25) is 5.88 Å². The summed E-state index contributed by atoms with van der Waals surface area (Å²) in [6, 6.07) is 12.7. The van der Waals surface area contributed by atoms with Crippen LogP contribution in [0.5, 0.6) is 11.5 Å². The van der Waals surface area contributed by atoms with E-state index in [1.54, 1.807) is 30.3 Å².